The Morgan fingerprint density at radius 2 is 1.17 bits per heavy atom. The molecule has 36 heavy (non-hydrogen) atoms. The van der Waals surface area contributed by atoms with E-state index in [1.165, 1.54) is 71.1 Å². The monoisotopic (exact) mass is 604 g/mol. The van der Waals surface area contributed by atoms with Crippen LogP contribution in [0.5, 0.6) is 0 Å². The van der Waals surface area contributed by atoms with Gasteiger partial charge in [0, 0.05) is 5.56 Å². The molecule has 5 rings (SSSR count). The zero-order valence-corrected chi connectivity index (χ0v) is 24.7. The molecule has 1 fully saturated rings. The van der Waals surface area contributed by atoms with Gasteiger partial charge in [-0.15, -0.1) is 0 Å². The first kappa shape index (κ1) is 27.1. The van der Waals surface area contributed by atoms with E-state index in [1.807, 2.05) is 0 Å². The summed E-state index contributed by atoms with van der Waals surface area (Å²) in [6.07, 6.45) is 8.25. The van der Waals surface area contributed by atoms with Gasteiger partial charge in [-0.1, -0.05) is 98.6 Å². The molecule has 0 heterocycles. The first-order chi connectivity index (χ1) is 17.2. The molecule has 4 aromatic rings. The van der Waals surface area contributed by atoms with Crippen molar-refractivity contribution in [1.29, 1.82) is 0 Å². The number of hydrogen-bond donors (Lipinski definition) is 0. The molecule has 0 radical (unpaired) electrons. The van der Waals surface area contributed by atoms with Crippen LogP contribution in [0.3, 0.4) is 0 Å². The molecule has 0 bridgehead atoms. The molecule has 2 heteroatoms. The lowest BCUT2D eigenvalue weighted by Gasteiger charge is -2.29. The lowest BCUT2D eigenvalue weighted by atomic mass is 9.77. The lowest BCUT2D eigenvalue weighted by Crippen LogP contribution is -3.00. The summed E-state index contributed by atoms with van der Waals surface area (Å²) in [5.74, 6) is 1.69. The van der Waals surface area contributed by atoms with E-state index >= 15 is 0 Å². The molecule has 1 aliphatic rings. The average molecular weight is 605 g/mol. The van der Waals surface area contributed by atoms with Gasteiger partial charge in [-0.2, -0.15) is 0 Å². The standard InChI is InChI=1S/C34H38P.HI/c1-3-12-27-19-21-28(22-20-27)29-23-25-30(26-24-29)33-17-10-11-18-34(33)35(2,31-13-6-4-7-14-31)32-15-8-5-9-16-32;/h4-11,13-18,23-28H,3,12,19-22H2,1-2H3;1H/q+1;/p-1/t27-,28-;. The quantitative estimate of drug-likeness (QED) is 0.197. The van der Waals surface area contributed by atoms with Crippen LogP contribution in [-0.2, 0) is 0 Å². The fraction of sp³-hybridized carbons (Fsp3) is 0.294. The maximum absolute atomic E-state index is 2.49. The third-order valence-electron chi connectivity index (χ3n) is 8.17. The molecule has 4 aromatic carbocycles. The van der Waals surface area contributed by atoms with Gasteiger partial charge >= 0.3 is 0 Å². The second-order valence-corrected chi connectivity index (χ2v) is 13.8. The largest absolute Gasteiger partial charge is 1.00 e. The van der Waals surface area contributed by atoms with E-state index in [0.717, 1.165) is 11.8 Å². The zero-order valence-electron chi connectivity index (χ0n) is 21.6. The van der Waals surface area contributed by atoms with Crippen LogP contribution in [-0.4, -0.2) is 6.66 Å². The van der Waals surface area contributed by atoms with Gasteiger partial charge in [-0.05, 0) is 79.0 Å². The highest BCUT2D eigenvalue weighted by molar-refractivity contribution is 7.95. The summed E-state index contributed by atoms with van der Waals surface area (Å²) >= 11 is 0. The normalized spacial score (nSPS) is 17.8. The number of benzene rings is 4. The second-order valence-electron chi connectivity index (χ2n) is 10.3. The highest BCUT2D eigenvalue weighted by Crippen LogP contribution is 2.53. The molecule has 1 aliphatic carbocycles. The molecule has 0 spiro atoms. The number of rotatable bonds is 7. The smallest absolute Gasteiger partial charge is 0.112 e. The van der Waals surface area contributed by atoms with Crippen LogP contribution in [0.2, 0.25) is 0 Å². The van der Waals surface area contributed by atoms with Crippen molar-refractivity contribution < 1.29 is 24.0 Å². The van der Waals surface area contributed by atoms with E-state index in [2.05, 4.69) is 123 Å². The molecule has 0 aromatic heterocycles. The number of hydrogen-bond acceptors (Lipinski definition) is 0. The van der Waals surface area contributed by atoms with E-state index in [1.54, 1.807) is 0 Å². The Bertz CT molecular complexity index is 1170. The van der Waals surface area contributed by atoms with Crippen molar-refractivity contribution in [3.05, 3.63) is 115 Å². The molecule has 0 nitrogen and oxygen atoms in total. The zero-order chi connectivity index (χ0) is 24.1. The Hall–Kier alpha value is -1.96. The third-order valence-corrected chi connectivity index (χ3v) is 12.2. The van der Waals surface area contributed by atoms with Crippen molar-refractivity contribution in [1.82, 2.24) is 0 Å². The summed E-state index contributed by atoms with van der Waals surface area (Å²) in [5, 5.41) is 4.32. The van der Waals surface area contributed by atoms with Gasteiger partial charge in [-0.25, -0.2) is 0 Å². The van der Waals surface area contributed by atoms with Crippen LogP contribution in [0.4, 0.5) is 0 Å². The van der Waals surface area contributed by atoms with Gasteiger partial charge in [0.2, 0.25) is 0 Å². The highest BCUT2D eigenvalue weighted by atomic mass is 127. The third kappa shape index (κ3) is 5.63. The SMILES string of the molecule is CCC[C@H]1CC[C@H](c2ccc(-c3ccccc3[P+](C)(c3ccccc3)c3ccccc3)cc2)CC1.[I-]. The minimum atomic E-state index is -1.78. The van der Waals surface area contributed by atoms with Gasteiger partial charge in [0.15, 0.2) is 0 Å². The van der Waals surface area contributed by atoms with Gasteiger partial charge in [-0.3, -0.25) is 0 Å². The molecule has 0 saturated heterocycles. The van der Waals surface area contributed by atoms with Crippen molar-refractivity contribution in [3.63, 3.8) is 0 Å². The van der Waals surface area contributed by atoms with Crippen LogP contribution in [0.25, 0.3) is 11.1 Å². The van der Waals surface area contributed by atoms with Crippen LogP contribution >= 0.6 is 7.26 Å². The Balaban J connectivity index is 0.00000304. The summed E-state index contributed by atoms with van der Waals surface area (Å²) in [6.45, 7) is 4.81. The summed E-state index contributed by atoms with van der Waals surface area (Å²) in [5.41, 5.74) is 4.24. The molecule has 1 saturated carbocycles. The predicted molar refractivity (Wildman–Crippen MR) is 156 cm³/mol. The lowest BCUT2D eigenvalue weighted by molar-refractivity contribution is -0.00000699. The molecule has 0 N–H and O–H groups in total. The Kier molecular flexibility index (Phi) is 9.42. The summed E-state index contributed by atoms with van der Waals surface area (Å²) in [6, 6.07) is 40.9. The Morgan fingerprint density at radius 3 is 1.72 bits per heavy atom. The Morgan fingerprint density at radius 1 is 0.639 bits per heavy atom. The highest BCUT2D eigenvalue weighted by Gasteiger charge is 2.41. The first-order valence-corrected chi connectivity index (χ1v) is 15.6. The maximum Gasteiger partial charge on any atom is 0.112 e. The van der Waals surface area contributed by atoms with Crippen molar-refractivity contribution in [2.75, 3.05) is 6.66 Å². The van der Waals surface area contributed by atoms with Crippen LogP contribution < -0.4 is 39.9 Å². The summed E-state index contributed by atoms with van der Waals surface area (Å²) in [7, 11) is -1.78. The summed E-state index contributed by atoms with van der Waals surface area (Å²) < 4.78 is 0. The van der Waals surface area contributed by atoms with E-state index in [9.17, 15) is 0 Å². The van der Waals surface area contributed by atoms with Crippen LogP contribution in [0, 0.1) is 5.92 Å². The van der Waals surface area contributed by atoms with Crippen molar-refractivity contribution in [2.45, 2.75) is 51.4 Å². The first-order valence-electron chi connectivity index (χ1n) is 13.4. The molecule has 186 valence electrons. The molecular formula is C34H38IP. The van der Waals surface area contributed by atoms with Crippen molar-refractivity contribution >= 4 is 23.2 Å². The molecule has 0 amide bonds. The van der Waals surface area contributed by atoms with Gasteiger partial charge < -0.3 is 24.0 Å². The maximum atomic E-state index is 2.49. The average Bonchev–Trinajstić information content (AvgIpc) is 2.94. The Labute approximate surface area is 235 Å². The second kappa shape index (κ2) is 12.5. The van der Waals surface area contributed by atoms with E-state index in [4.69, 9.17) is 0 Å². The minimum Gasteiger partial charge on any atom is -1.00 e. The molecule has 0 aliphatic heterocycles. The van der Waals surface area contributed by atoms with E-state index in [-0.39, 0.29) is 24.0 Å². The minimum absolute atomic E-state index is 0. The van der Waals surface area contributed by atoms with Gasteiger partial charge in [0.05, 0.1) is 6.66 Å². The van der Waals surface area contributed by atoms with Crippen LogP contribution in [0.1, 0.15) is 56.9 Å². The molecular weight excluding hydrogens is 566 g/mol. The predicted octanol–water partition coefficient (Wildman–Crippen LogP) is 5.36. The van der Waals surface area contributed by atoms with E-state index < -0.39 is 7.26 Å². The fourth-order valence-corrected chi connectivity index (χ4v) is 9.58. The van der Waals surface area contributed by atoms with E-state index in [0.29, 0.717) is 0 Å². The molecule has 0 unspecified atom stereocenters. The number of halogens is 1. The topological polar surface area (TPSA) is 0 Å². The summed E-state index contributed by atoms with van der Waals surface area (Å²) in [4.78, 5) is 0. The molecule has 0 atom stereocenters. The van der Waals surface area contributed by atoms with Crippen molar-refractivity contribution in [3.8, 4) is 11.1 Å². The fourth-order valence-electron chi connectivity index (χ4n) is 6.11. The van der Waals surface area contributed by atoms with Crippen LogP contribution in [0.15, 0.2) is 109 Å². The van der Waals surface area contributed by atoms with Crippen molar-refractivity contribution in [2.24, 2.45) is 5.92 Å². The van der Waals surface area contributed by atoms with Gasteiger partial charge in [0.1, 0.15) is 23.2 Å². The van der Waals surface area contributed by atoms with Gasteiger partial charge in [0.25, 0.3) is 0 Å².